The second-order valence-electron chi connectivity index (χ2n) is 5.17. The van der Waals surface area contributed by atoms with Gasteiger partial charge in [0, 0.05) is 31.8 Å². The van der Waals surface area contributed by atoms with Crippen LogP contribution >= 0.6 is 0 Å². The minimum absolute atomic E-state index is 0.0871. The van der Waals surface area contributed by atoms with Gasteiger partial charge in [0.25, 0.3) is 0 Å². The molecule has 0 aromatic heterocycles. The Morgan fingerprint density at radius 2 is 2.30 bits per heavy atom. The molecule has 2 rings (SSSR count). The summed E-state index contributed by atoms with van der Waals surface area (Å²) in [6.45, 7) is 2.36. The molecule has 0 saturated carbocycles. The molecule has 5 heteroatoms. The van der Waals surface area contributed by atoms with E-state index in [-0.39, 0.29) is 24.4 Å². The molecule has 1 aliphatic heterocycles. The van der Waals surface area contributed by atoms with E-state index in [2.05, 4.69) is 10.2 Å². The fourth-order valence-electron chi connectivity index (χ4n) is 2.58. The van der Waals surface area contributed by atoms with Crippen LogP contribution in [0.4, 0.5) is 4.39 Å². The van der Waals surface area contributed by atoms with E-state index in [4.69, 9.17) is 4.74 Å². The van der Waals surface area contributed by atoms with Crippen LogP contribution in [0, 0.1) is 5.82 Å². The van der Waals surface area contributed by atoms with Crippen molar-refractivity contribution in [1.82, 2.24) is 10.2 Å². The molecule has 1 aromatic rings. The summed E-state index contributed by atoms with van der Waals surface area (Å²) < 4.78 is 18.4. The summed E-state index contributed by atoms with van der Waals surface area (Å²) in [6, 6.07) is 6.96. The van der Waals surface area contributed by atoms with Gasteiger partial charge >= 0.3 is 0 Å². The van der Waals surface area contributed by atoms with E-state index < -0.39 is 0 Å². The molecule has 1 atom stereocenters. The molecule has 1 amide bonds. The summed E-state index contributed by atoms with van der Waals surface area (Å²) in [5.41, 5.74) is 0.705. The maximum Gasteiger partial charge on any atom is 0.246 e. The number of amides is 1. The van der Waals surface area contributed by atoms with E-state index in [1.54, 1.807) is 6.07 Å². The standard InChI is InChI=1S/C15H21FN2O2/c1-20-11-15(19)17-13-6-4-8-18(10-13)9-12-5-2-3-7-14(12)16/h2-3,5,7,13H,4,6,8-11H2,1H3,(H,17,19). The van der Waals surface area contributed by atoms with Crippen molar-refractivity contribution < 1.29 is 13.9 Å². The highest BCUT2D eigenvalue weighted by Crippen LogP contribution is 2.15. The molecule has 20 heavy (non-hydrogen) atoms. The largest absolute Gasteiger partial charge is 0.375 e. The number of benzene rings is 1. The minimum atomic E-state index is -0.168. The van der Waals surface area contributed by atoms with Crippen LogP contribution in [-0.2, 0) is 16.1 Å². The number of methoxy groups -OCH3 is 1. The van der Waals surface area contributed by atoms with E-state index in [1.807, 2.05) is 12.1 Å². The average Bonchev–Trinajstić information content (AvgIpc) is 2.42. The number of likely N-dealkylation sites (tertiary alicyclic amines) is 1. The van der Waals surface area contributed by atoms with Crippen LogP contribution in [0.1, 0.15) is 18.4 Å². The van der Waals surface area contributed by atoms with Crippen LogP contribution in [0.2, 0.25) is 0 Å². The molecule has 0 spiro atoms. The van der Waals surface area contributed by atoms with E-state index in [0.29, 0.717) is 12.1 Å². The Labute approximate surface area is 118 Å². The molecule has 110 valence electrons. The molecular formula is C15H21FN2O2. The van der Waals surface area contributed by atoms with Crippen LogP contribution in [0.5, 0.6) is 0 Å². The quantitative estimate of drug-likeness (QED) is 0.890. The van der Waals surface area contributed by atoms with Gasteiger partial charge in [0.2, 0.25) is 5.91 Å². The first-order valence-electron chi connectivity index (χ1n) is 6.93. The Kier molecular flexibility index (Phi) is 5.49. The fourth-order valence-corrected chi connectivity index (χ4v) is 2.58. The predicted molar refractivity (Wildman–Crippen MR) is 74.7 cm³/mol. The third-order valence-corrected chi connectivity index (χ3v) is 3.50. The third-order valence-electron chi connectivity index (χ3n) is 3.50. The smallest absolute Gasteiger partial charge is 0.246 e. The van der Waals surface area contributed by atoms with Crippen LogP contribution < -0.4 is 5.32 Å². The number of halogens is 1. The number of hydrogen-bond acceptors (Lipinski definition) is 3. The van der Waals surface area contributed by atoms with Crippen LogP contribution in [0.25, 0.3) is 0 Å². The molecule has 0 bridgehead atoms. The van der Waals surface area contributed by atoms with E-state index in [9.17, 15) is 9.18 Å². The van der Waals surface area contributed by atoms with Gasteiger partial charge in [0.05, 0.1) is 0 Å². The summed E-state index contributed by atoms with van der Waals surface area (Å²) in [5.74, 6) is -0.261. The zero-order valence-electron chi connectivity index (χ0n) is 11.8. The average molecular weight is 280 g/mol. The lowest BCUT2D eigenvalue weighted by atomic mass is 10.0. The minimum Gasteiger partial charge on any atom is -0.375 e. The molecule has 1 unspecified atom stereocenters. The molecule has 1 N–H and O–H groups in total. The summed E-state index contributed by atoms with van der Waals surface area (Å²) in [5, 5.41) is 2.95. The van der Waals surface area contributed by atoms with Gasteiger partial charge in [-0.15, -0.1) is 0 Å². The molecule has 1 heterocycles. The zero-order chi connectivity index (χ0) is 14.4. The van der Waals surface area contributed by atoms with Gasteiger partial charge in [-0.1, -0.05) is 18.2 Å². The molecule has 1 aromatic carbocycles. The first kappa shape index (κ1) is 14.9. The van der Waals surface area contributed by atoms with Crippen molar-refractivity contribution in [3.63, 3.8) is 0 Å². The maximum atomic E-state index is 13.6. The predicted octanol–water partition coefficient (Wildman–Crippen LogP) is 1.55. The molecule has 1 fully saturated rings. The van der Waals surface area contributed by atoms with Crippen LogP contribution in [0.3, 0.4) is 0 Å². The van der Waals surface area contributed by atoms with Gasteiger partial charge in [-0.05, 0) is 25.5 Å². The van der Waals surface area contributed by atoms with Crippen molar-refractivity contribution in [2.75, 3.05) is 26.8 Å². The lowest BCUT2D eigenvalue weighted by Crippen LogP contribution is -2.48. The Hall–Kier alpha value is -1.46. The summed E-state index contributed by atoms with van der Waals surface area (Å²) in [7, 11) is 1.50. The molecule has 4 nitrogen and oxygen atoms in total. The van der Waals surface area contributed by atoms with Crippen LogP contribution in [-0.4, -0.2) is 43.7 Å². The lowest BCUT2D eigenvalue weighted by molar-refractivity contribution is -0.125. The third kappa shape index (κ3) is 4.28. The summed E-state index contributed by atoms with van der Waals surface area (Å²) in [6.07, 6.45) is 1.97. The highest BCUT2D eigenvalue weighted by molar-refractivity contribution is 5.77. The monoisotopic (exact) mass is 280 g/mol. The van der Waals surface area contributed by atoms with Crippen molar-refractivity contribution in [1.29, 1.82) is 0 Å². The second-order valence-corrected chi connectivity index (χ2v) is 5.17. The Morgan fingerprint density at radius 3 is 3.05 bits per heavy atom. The molecular weight excluding hydrogens is 259 g/mol. The number of nitrogens with one attached hydrogen (secondary N) is 1. The van der Waals surface area contributed by atoms with Gasteiger partial charge < -0.3 is 10.1 Å². The highest BCUT2D eigenvalue weighted by Gasteiger charge is 2.21. The van der Waals surface area contributed by atoms with Gasteiger partial charge in [-0.2, -0.15) is 0 Å². The molecule has 1 aliphatic rings. The van der Waals surface area contributed by atoms with Crippen molar-refractivity contribution in [3.8, 4) is 0 Å². The Bertz CT molecular complexity index is 453. The maximum absolute atomic E-state index is 13.6. The zero-order valence-corrected chi connectivity index (χ0v) is 11.8. The second kappa shape index (κ2) is 7.36. The van der Waals surface area contributed by atoms with E-state index in [0.717, 1.165) is 25.9 Å². The highest BCUT2D eigenvalue weighted by atomic mass is 19.1. The van der Waals surface area contributed by atoms with Crippen molar-refractivity contribution in [3.05, 3.63) is 35.6 Å². The summed E-state index contributed by atoms with van der Waals surface area (Å²) in [4.78, 5) is 13.7. The van der Waals surface area contributed by atoms with Crippen molar-refractivity contribution in [2.45, 2.75) is 25.4 Å². The van der Waals surface area contributed by atoms with Crippen LogP contribution in [0.15, 0.2) is 24.3 Å². The van der Waals surface area contributed by atoms with E-state index >= 15 is 0 Å². The van der Waals surface area contributed by atoms with Gasteiger partial charge in [-0.3, -0.25) is 9.69 Å². The number of hydrogen-bond donors (Lipinski definition) is 1. The summed E-state index contributed by atoms with van der Waals surface area (Å²) >= 11 is 0. The van der Waals surface area contributed by atoms with E-state index in [1.165, 1.54) is 13.2 Å². The Balaban J connectivity index is 1.87. The topological polar surface area (TPSA) is 41.6 Å². The fraction of sp³-hybridized carbons (Fsp3) is 0.533. The number of rotatable bonds is 5. The Morgan fingerprint density at radius 1 is 1.50 bits per heavy atom. The molecule has 1 saturated heterocycles. The SMILES string of the molecule is COCC(=O)NC1CCCN(Cc2ccccc2F)C1. The number of ether oxygens (including phenoxy) is 1. The number of nitrogens with zero attached hydrogens (tertiary/aromatic N) is 1. The van der Waals surface area contributed by atoms with Crippen molar-refractivity contribution >= 4 is 5.91 Å². The number of carbonyl (C=O) groups is 1. The van der Waals surface area contributed by atoms with Gasteiger partial charge in [-0.25, -0.2) is 4.39 Å². The first-order chi connectivity index (χ1) is 9.69. The van der Waals surface area contributed by atoms with Gasteiger partial charge in [0.1, 0.15) is 12.4 Å². The number of piperidine rings is 1. The molecule has 0 aliphatic carbocycles. The first-order valence-corrected chi connectivity index (χ1v) is 6.93. The van der Waals surface area contributed by atoms with Gasteiger partial charge in [0.15, 0.2) is 0 Å². The number of carbonyl (C=O) groups excluding carboxylic acids is 1. The molecule has 0 radical (unpaired) electrons. The normalized spacial score (nSPS) is 19.8. The van der Waals surface area contributed by atoms with Crippen molar-refractivity contribution in [2.24, 2.45) is 0 Å². The lowest BCUT2D eigenvalue weighted by Gasteiger charge is -2.33.